The Morgan fingerprint density at radius 2 is 1.70 bits per heavy atom. The molecule has 2 rings (SSSR count). The van der Waals surface area contributed by atoms with Crippen molar-refractivity contribution in [3.05, 3.63) is 64.9 Å². The van der Waals surface area contributed by atoms with E-state index in [0.717, 1.165) is 4.31 Å². The fourth-order valence-electron chi connectivity index (χ4n) is 1.74. The van der Waals surface area contributed by atoms with Gasteiger partial charge in [0.25, 0.3) is 0 Å². The molecule has 0 fully saturated rings. The minimum absolute atomic E-state index is 0.0301. The van der Waals surface area contributed by atoms with Gasteiger partial charge in [0.15, 0.2) is 0 Å². The van der Waals surface area contributed by atoms with Crippen molar-refractivity contribution in [1.82, 2.24) is 4.31 Å². The van der Waals surface area contributed by atoms with Crippen molar-refractivity contribution in [1.29, 1.82) is 0 Å². The van der Waals surface area contributed by atoms with Crippen LogP contribution >= 0.6 is 11.6 Å². The van der Waals surface area contributed by atoms with Crippen molar-refractivity contribution < 1.29 is 12.8 Å². The highest BCUT2D eigenvalue weighted by molar-refractivity contribution is 7.89. The molecule has 0 saturated heterocycles. The number of nitrogens with zero attached hydrogens (tertiary/aromatic N) is 1. The zero-order valence-electron chi connectivity index (χ0n) is 10.8. The summed E-state index contributed by atoms with van der Waals surface area (Å²) in [5, 5.41) is 0.459. The molecule has 0 aliphatic carbocycles. The highest BCUT2D eigenvalue weighted by Crippen LogP contribution is 2.19. The minimum atomic E-state index is -3.66. The van der Waals surface area contributed by atoms with Gasteiger partial charge >= 0.3 is 0 Å². The quantitative estimate of drug-likeness (QED) is 0.868. The van der Waals surface area contributed by atoms with Crippen LogP contribution in [0.4, 0.5) is 4.39 Å². The van der Waals surface area contributed by atoms with Gasteiger partial charge in [0.2, 0.25) is 10.0 Å². The maximum atomic E-state index is 13.6. The molecule has 0 saturated carbocycles. The zero-order valence-corrected chi connectivity index (χ0v) is 12.3. The van der Waals surface area contributed by atoms with Crippen LogP contribution in [0.25, 0.3) is 0 Å². The summed E-state index contributed by atoms with van der Waals surface area (Å²) >= 11 is 5.73. The zero-order chi connectivity index (χ0) is 14.8. The largest absolute Gasteiger partial charge is 0.243 e. The predicted octanol–water partition coefficient (Wildman–Crippen LogP) is 3.30. The summed E-state index contributed by atoms with van der Waals surface area (Å²) in [4.78, 5) is 0.126. The second-order valence-electron chi connectivity index (χ2n) is 4.31. The van der Waals surface area contributed by atoms with Crippen molar-refractivity contribution in [2.75, 3.05) is 7.05 Å². The van der Waals surface area contributed by atoms with Gasteiger partial charge in [-0.05, 0) is 30.3 Å². The number of benzene rings is 2. The van der Waals surface area contributed by atoms with Crippen molar-refractivity contribution in [2.24, 2.45) is 0 Å². The van der Waals surface area contributed by atoms with E-state index >= 15 is 0 Å². The van der Waals surface area contributed by atoms with Gasteiger partial charge in [0.1, 0.15) is 5.82 Å². The SMILES string of the molecule is CN(Cc1ccccc1F)S(=O)(=O)c1ccc(Cl)cc1. The van der Waals surface area contributed by atoms with Crippen LogP contribution in [0.3, 0.4) is 0 Å². The molecule has 20 heavy (non-hydrogen) atoms. The molecular formula is C14H13ClFNO2S. The Hall–Kier alpha value is -1.43. The van der Waals surface area contributed by atoms with Gasteiger partial charge in [-0.2, -0.15) is 4.31 Å². The van der Waals surface area contributed by atoms with Crippen molar-refractivity contribution >= 4 is 21.6 Å². The second kappa shape index (κ2) is 5.91. The Kier molecular flexibility index (Phi) is 4.42. The minimum Gasteiger partial charge on any atom is -0.207 e. The third-order valence-corrected chi connectivity index (χ3v) is 4.94. The van der Waals surface area contributed by atoms with Gasteiger partial charge in [0.05, 0.1) is 4.90 Å². The van der Waals surface area contributed by atoms with Crippen LogP contribution in [0.2, 0.25) is 5.02 Å². The maximum absolute atomic E-state index is 13.6. The molecule has 0 N–H and O–H groups in total. The Bertz CT molecular complexity index is 701. The molecule has 0 unspecified atom stereocenters. The predicted molar refractivity (Wildman–Crippen MR) is 76.5 cm³/mol. The first-order valence-electron chi connectivity index (χ1n) is 5.86. The lowest BCUT2D eigenvalue weighted by molar-refractivity contribution is 0.456. The lowest BCUT2D eigenvalue weighted by Gasteiger charge is -2.17. The molecule has 6 heteroatoms. The van der Waals surface area contributed by atoms with Gasteiger partial charge in [-0.25, -0.2) is 12.8 Å². The third kappa shape index (κ3) is 3.17. The van der Waals surface area contributed by atoms with Crippen LogP contribution in [0, 0.1) is 5.82 Å². The molecule has 0 heterocycles. The molecule has 0 aliphatic rings. The Labute approximate surface area is 122 Å². The first kappa shape index (κ1) is 15.0. The summed E-state index contributed by atoms with van der Waals surface area (Å²) in [7, 11) is -2.25. The standard InChI is InChI=1S/C14H13ClFNO2S/c1-17(10-11-4-2-3-5-14(11)16)20(18,19)13-8-6-12(15)7-9-13/h2-9H,10H2,1H3. The van der Waals surface area contributed by atoms with Crippen molar-refractivity contribution in [2.45, 2.75) is 11.4 Å². The number of halogens is 2. The monoisotopic (exact) mass is 313 g/mol. The summed E-state index contributed by atoms with van der Waals surface area (Å²) in [6.07, 6.45) is 0. The summed E-state index contributed by atoms with van der Waals surface area (Å²) in [5.74, 6) is -0.425. The van der Waals surface area contributed by atoms with Crippen LogP contribution in [-0.4, -0.2) is 19.8 Å². The van der Waals surface area contributed by atoms with E-state index in [2.05, 4.69) is 0 Å². The van der Waals surface area contributed by atoms with E-state index in [1.54, 1.807) is 18.2 Å². The van der Waals surface area contributed by atoms with Gasteiger partial charge in [-0.15, -0.1) is 0 Å². The molecular weight excluding hydrogens is 301 g/mol. The molecule has 0 aromatic heterocycles. The Morgan fingerprint density at radius 3 is 2.30 bits per heavy atom. The van der Waals surface area contributed by atoms with Crippen molar-refractivity contribution in [3.63, 3.8) is 0 Å². The number of sulfonamides is 1. The van der Waals surface area contributed by atoms with Gasteiger partial charge in [-0.3, -0.25) is 0 Å². The van der Waals surface area contributed by atoms with E-state index in [0.29, 0.717) is 10.6 Å². The van der Waals surface area contributed by atoms with E-state index < -0.39 is 15.8 Å². The smallest absolute Gasteiger partial charge is 0.207 e. The van der Waals surface area contributed by atoms with E-state index in [4.69, 9.17) is 11.6 Å². The first-order chi connectivity index (χ1) is 9.41. The van der Waals surface area contributed by atoms with E-state index in [-0.39, 0.29) is 11.4 Å². The maximum Gasteiger partial charge on any atom is 0.243 e. The Morgan fingerprint density at radius 1 is 1.10 bits per heavy atom. The average molecular weight is 314 g/mol. The number of rotatable bonds is 4. The lowest BCUT2D eigenvalue weighted by Crippen LogP contribution is -2.26. The van der Waals surface area contributed by atoms with Gasteiger partial charge < -0.3 is 0 Å². The molecule has 0 bridgehead atoms. The third-order valence-electron chi connectivity index (χ3n) is 2.87. The Balaban J connectivity index is 2.26. The van der Waals surface area contributed by atoms with E-state index in [1.807, 2.05) is 0 Å². The number of hydrogen-bond acceptors (Lipinski definition) is 2. The number of hydrogen-bond donors (Lipinski definition) is 0. The molecule has 0 aliphatic heterocycles. The fraction of sp³-hybridized carbons (Fsp3) is 0.143. The van der Waals surface area contributed by atoms with E-state index in [1.165, 1.54) is 37.4 Å². The molecule has 0 atom stereocenters. The highest BCUT2D eigenvalue weighted by atomic mass is 35.5. The molecule has 0 amide bonds. The summed E-state index contributed by atoms with van der Waals surface area (Å²) in [6.45, 7) is -0.0301. The van der Waals surface area contributed by atoms with Crippen LogP contribution < -0.4 is 0 Å². The summed E-state index contributed by atoms with van der Waals surface area (Å²) in [6, 6.07) is 12.0. The highest BCUT2D eigenvalue weighted by Gasteiger charge is 2.21. The molecule has 106 valence electrons. The summed E-state index contributed by atoms with van der Waals surface area (Å²) < 4.78 is 39.3. The van der Waals surface area contributed by atoms with Crippen LogP contribution in [-0.2, 0) is 16.6 Å². The topological polar surface area (TPSA) is 37.4 Å². The average Bonchev–Trinajstić information content (AvgIpc) is 2.41. The fourth-order valence-corrected chi connectivity index (χ4v) is 3.01. The molecule has 3 nitrogen and oxygen atoms in total. The van der Waals surface area contributed by atoms with Crippen LogP contribution in [0.5, 0.6) is 0 Å². The molecule has 2 aromatic carbocycles. The van der Waals surface area contributed by atoms with Gasteiger partial charge in [-0.1, -0.05) is 29.8 Å². The first-order valence-corrected chi connectivity index (χ1v) is 7.68. The molecule has 0 radical (unpaired) electrons. The van der Waals surface area contributed by atoms with E-state index in [9.17, 15) is 12.8 Å². The summed E-state index contributed by atoms with van der Waals surface area (Å²) in [5.41, 5.74) is 0.326. The van der Waals surface area contributed by atoms with Gasteiger partial charge in [0, 0.05) is 24.2 Å². The molecule has 2 aromatic rings. The second-order valence-corrected chi connectivity index (χ2v) is 6.79. The molecule has 0 spiro atoms. The van der Waals surface area contributed by atoms with Crippen LogP contribution in [0.15, 0.2) is 53.4 Å². The van der Waals surface area contributed by atoms with Crippen LogP contribution in [0.1, 0.15) is 5.56 Å². The van der Waals surface area contributed by atoms with Crippen molar-refractivity contribution in [3.8, 4) is 0 Å². The normalized spacial score (nSPS) is 11.8. The lowest BCUT2D eigenvalue weighted by atomic mass is 10.2.